The highest BCUT2D eigenvalue weighted by atomic mass is 16.3. The molecule has 0 saturated carbocycles. The maximum atomic E-state index is 12.8. The molecule has 0 aliphatic rings. The van der Waals surface area contributed by atoms with Crippen molar-refractivity contribution in [2.45, 2.75) is 6.54 Å². The second-order valence-electron chi connectivity index (χ2n) is 7.07. The normalized spacial score (nSPS) is 11.2. The first-order valence-corrected chi connectivity index (χ1v) is 9.30. The van der Waals surface area contributed by atoms with Gasteiger partial charge in [-0.2, -0.15) is 0 Å². The Morgan fingerprint density at radius 1 is 1.07 bits per heavy atom. The van der Waals surface area contributed by atoms with E-state index < -0.39 is 0 Å². The Morgan fingerprint density at radius 2 is 1.89 bits per heavy atom. The third-order valence-electron chi connectivity index (χ3n) is 4.77. The van der Waals surface area contributed by atoms with Gasteiger partial charge < -0.3 is 19.2 Å². The highest BCUT2D eigenvalue weighted by Gasteiger charge is 2.17. The first-order chi connectivity index (χ1) is 13.6. The van der Waals surface area contributed by atoms with E-state index in [4.69, 9.17) is 4.42 Å². The minimum absolute atomic E-state index is 0.254. The van der Waals surface area contributed by atoms with Crippen molar-refractivity contribution in [3.05, 3.63) is 78.9 Å². The lowest BCUT2D eigenvalue weighted by molar-refractivity contribution is 0.0997. The van der Waals surface area contributed by atoms with Crippen LogP contribution in [0.15, 0.2) is 77.5 Å². The van der Waals surface area contributed by atoms with E-state index in [0.29, 0.717) is 5.76 Å². The number of benzene rings is 2. The molecule has 0 aliphatic carbocycles. The lowest BCUT2D eigenvalue weighted by atomic mass is 10.1. The van der Waals surface area contributed by atoms with Crippen molar-refractivity contribution in [3.63, 3.8) is 0 Å². The quantitative estimate of drug-likeness (QED) is 0.532. The number of hydrogen-bond donors (Lipinski definition) is 1. The Labute approximate surface area is 164 Å². The van der Waals surface area contributed by atoms with Crippen LogP contribution in [-0.4, -0.2) is 36.0 Å². The van der Waals surface area contributed by atoms with Crippen LogP contribution in [0.1, 0.15) is 10.6 Å². The molecular formula is C23H23N3O2. The van der Waals surface area contributed by atoms with Crippen molar-refractivity contribution in [1.29, 1.82) is 0 Å². The first kappa shape index (κ1) is 18.1. The minimum Gasteiger partial charge on any atom is -0.459 e. The molecule has 0 spiro atoms. The topological polar surface area (TPSA) is 50.4 Å². The van der Waals surface area contributed by atoms with Crippen LogP contribution in [0.5, 0.6) is 0 Å². The molecule has 4 rings (SSSR count). The third-order valence-corrected chi connectivity index (χ3v) is 4.77. The molecule has 1 N–H and O–H groups in total. The Bertz CT molecular complexity index is 1090. The number of likely N-dealkylation sites (N-methyl/N-ethyl adjacent to an activating group) is 1. The lowest BCUT2D eigenvalue weighted by Gasteiger charge is -2.11. The smallest absolute Gasteiger partial charge is 0.292 e. The van der Waals surface area contributed by atoms with E-state index in [-0.39, 0.29) is 5.91 Å². The highest BCUT2D eigenvalue weighted by molar-refractivity contribution is 6.07. The van der Waals surface area contributed by atoms with Crippen LogP contribution in [-0.2, 0) is 6.54 Å². The molecule has 0 aliphatic heterocycles. The second-order valence-corrected chi connectivity index (χ2v) is 7.07. The van der Waals surface area contributed by atoms with Crippen molar-refractivity contribution in [2.75, 3.05) is 26.0 Å². The number of nitrogens with zero attached hydrogens (tertiary/aromatic N) is 2. The van der Waals surface area contributed by atoms with Gasteiger partial charge in [-0.3, -0.25) is 4.79 Å². The molecule has 2 heterocycles. The molecule has 28 heavy (non-hydrogen) atoms. The lowest BCUT2D eigenvalue weighted by Crippen LogP contribution is -2.17. The fourth-order valence-corrected chi connectivity index (χ4v) is 3.30. The molecule has 4 aromatic rings. The summed E-state index contributed by atoms with van der Waals surface area (Å²) in [5, 5.41) is 4.05. The summed E-state index contributed by atoms with van der Waals surface area (Å²) in [6, 6.07) is 19.6. The van der Waals surface area contributed by atoms with Gasteiger partial charge in [-0.15, -0.1) is 0 Å². The first-order valence-electron chi connectivity index (χ1n) is 9.30. The van der Waals surface area contributed by atoms with Gasteiger partial charge in [0.05, 0.1) is 6.26 Å². The van der Waals surface area contributed by atoms with Crippen LogP contribution in [0.2, 0.25) is 0 Å². The number of fused-ring (bicyclic) bond motifs is 1. The Balaban J connectivity index is 1.54. The number of anilines is 1. The highest BCUT2D eigenvalue weighted by Crippen LogP contribution is 2.26. The van der Waals surface area contributed by atoms with Gasteiger partial charge in [0.1, 0.15) is 0 Å². The van der Waals surface area contributed by atoms with Crippen LogP contribution in [0.3, 0.4) is 0 Å². The van der Waals surface area contributed by atoms with Crippen LogP contribution in [0, 0.1) is 0 Å². The van der Waals surface area contributed by atoms with Crippen molar-refractivity contribution in [2.24, 2.45) is 0 Å². The third kappa shape index (κ3) is 3.70. The van der Waals surface area contributed by atoms with Gasteiger partial charge >= 0.3 is 0 Å². The molecule has 2 aromatic heterocycles. The van der Waals surface area contributed by atoms with Crippen molar-refractivity contribution in [1.82, 2.24) is 9.47 Å². The van der Waals surface area contributed by atoms with Gasteiger partial charge in [-0.25, -0.2) is 0 Å². The van der Waals surface area contributed by atoms with E-state index >= 15 is 0 Å². The summed E-state index contributed by atoms with van der Waals surface area (Å²) in [4.78, 5) is 14.9. The molecule has 1 amide bonds. The average Bonchev–Trinajstić information content (AvgIpc) is 3.34. The van der Waals surface area contributed by atoms with E-state index in [1.165, 1.54) is 0 Å². The Kier molecular flexibility index (Phi) is 5.00. The molecule has 0 atom stereocenters. The van der Waals surface area contributed by atoms with Gasteiger partial charge in [0.2, 0.25) is 0 Å². The molecule has 0 unspecified atom stereocenters. The monoisotopic (exact) mass is 373 g/mol. The zero-order chi connectivity index (χ0) is 19.5. The molecule has 0 bridgehead atoms. The van der Waals surface area contributed by atoms with Crippen LogP contribution < -0.4 is 5.32 Å². The van der Waals surface area contributed by atoms with Crippen LogP contribution >= 0.6 is 0 Å². The average molecular weight is 373 g/mol. The SMILES string of the molecule is CN(C)CCn1ccc2cc(NC(=O)c3occc3-c3ccccc3)ccc21. The molecule has 0 fully saturated rings. The summed E-state index contributed by atoms with van der Waals surface area (Å²) in [5.74, 6) is 0.0603. The number of carbonyl (C=O) groups excluding carboxylic acids is 1. The number of amides is 1. The number of rotatable bonds is 6. The van der Waals surface area contributed by atoms with Gasteiger partial charge in [0.25, 0.3) is 5.91 Å². The number of nitrogens with one attached hydrogen (secondary N) is 1. The van der Waals surface area contributed by atoms with Gasteiger partial charge in [0, 0.05) is 41.4 Å². The molecule has 142 valence electrons. The van der Waals surface area contributed by atoms with Crippen LogP contribution in [0.25, 0.3) is 22.0 Å². The predicted octanol–water partition coefficient (Wildman–Crippen LogP) is 4.72. The number of hydrogen-bond acceptors (Lipinski definition) is 3. The zero-order valence-corrected chi connectivity index (χ0v) is 16.1. The molecule has 0 saturated heterocycles. The molecular weight excluding hydrogens is 350 g/mol. The van der Waals surface area contributed by atoms with E-state index in [9.17, 15) is 4.79 Å². The van der Waals surface area contributed by atoms with Gasteiger partial charge in [-0.05, 0) is 50.0 Å². The Morgan fingerprint density at radius 3 is 2.68 bits per heavy atom. The minimum atomic E-state index is -0.254. The number of aromatic nitrogens is 1. The zero-order valence-electron chi connectivity index (χ0n) is 16.1. The van der Waals surface area contributed by atoms with Gasteiger partial charge in [0.15, 0.2) is 5.76 Å². The maximum Gasteiger partial charge on any atom is 0.292 e. The summed E-state index contributed by atoms with van der Waals surface area (Å²) in [7, 11) is 4.13. The molecule has 5 heteroatoms. The predicted molar refractivity (Wildman–Crippen MR) is 113 cm³/mol. The fourth-order valence-electron chi connectivity index (χ4n) is 3.30. The summed E-state index contributed by atoms with van der Waals surface area (Å²) < 4.78 is 7.70. The van der Waals surface area contributed by atoms with Crippen LogP contribution in [0.4, 0.5) is 5.69 Å². The van der Waals surface area contributed by atoms with E-state index in [1.54, 1.807) is 6.26 Å². The standard InChI is InChI=1S/C23H23N3O2/c1-25(2)13-14-26-12-10-18-16-19(8-9-21(18)26)24-23(27)22-20(11-15-28-22)17-6-4-3-5-7-17/h3-12,15-16H,13-14H2,1-2H3,(H,24,27). The van der Waals surface area contributed by atoms with E-state index in [2.05, 4.69) is 41.1 Å². The Hall–Kier alpha value is -3.31. The van der Waals surface area contributed by atoms with Crippen molar-refractivity contribution < 1.29 is 9.21 Å². The largest absolute Gasteiger partial charge is 0.459 e. The van der Waals surface area contributed by atoms with Crippen molar-refractivity contribution >= 4 is 22.5 Å². The van der Waals surface area contributed by atoms with E-state index in [1.807, 2.05) is 54.6 Å². The molecule has 5 nitrogen and oxygen atoms in total. The fraction of sp³-hybridized carbons (Fsp3) is 0.174. The summed E-state index contributed by atoms with van der Waals surface area (Å²) in [6.45, 7) is 1.90. The second kappa shape index (κ2) is 7.74. The number of furan rings is 1. The summed E-state index contributed by atoms with van der Waals surface area (Å²) in [6.07, 6.45) is 3.63. The van der Waals surface area contributed by atoms with Gasteiger partial charge in [-0.1, -0.05) is 30.3 Å². The van der Waals surface area contributed by atoms with E-state index in [0.717, 1.165) is 40.8 Å². The summed E-state index contributed by atoms with van der Waals surface area (Å²) in [5.41, 5.74) is 3.64. The molecule has 2 aromatic carbocycles. The summed E-state index contributed by atoms with van der Waals surface area (Å²) >= 11 is 0. The maximum absolute atomic E-state index is 12.8. The number of carbonyl (C=O) groups is 1. The van der Waals surface area contributed by atoms with Crippen molar-refractivity contribution in [3.8, 4) is 11.1 Å². The molecule has 0 radical (unpaired) electrons.